The van der Waals surface area contributed by atoms with Crippen molar-refractivity contribution in [2.45, 2.75) is 13.5 Å². The van der Waals surface area contributed by atoms with E-state index in [-0.39, 0.29) is 0 Å². The molecule has 5 heteroatoms. The summed E-state index contributed by atoms with van der Waals surface area (Å²) in [6.07, 6.45) is 0. The third-order valence-electron chi connectivity index (χ3n) is 2.83. The van der Waals surface area contributed by atoms with Gasteiger partial charge in [0.2, 0.25) is 5.91 Å². The number of methoxy groups -OCH3 is 1. The van der Waals surface area contributed by atoms with Crippen molar-refractivity contribution in [2.24, 2.45) is 5.92 Å². The quantitative estimate of drug-likeness (QED) is 0.756. The van der Waals surface area contributed by atoms with Gasteiger partial charge in [0.15, 0.2) is 0 Å². The van der Waals surface area contributed by atoms with Crippen molar-refractivity contribution in [3.63, 3.8) is 0 Å². The van der Waals surface area contributed by atoms with Gasteiger partial charge in [-0.3, -0.25) is 9.59 Å². The van der Waals surface area contributed by atoms with Crippen molar-refractivity contribution < 1.29 is 19.4 Å². The highest BCUT2D eigenvalue weighted by Crippen LogP contribution is 2.09. The first-order chi connectivity index (χ1) is 9.06. The Morgan fingerprint density at radius 2 is 1.95 bits per heavy atom. The van der Waals surface area contributed by atoms with Gasteiger partial charge in [0, 0.05) is 20.2 Å². The van der Waals surface area contributed by atoms with E-state index in [0.29, 0.717) is 19.7 Å². The number of hydrogen-bond acceptors (Lipinski definition) is 3. The number of hydrogen-bond donors (Lipinski definition) is 1. The molecule has 0 bridgehead atoms. The molecule has 0 spiro atoms. The monoisotopic (exact) mass is 265 g/mol. The Balaban J connectivity index is 2.76. The average Bonchev–Trinajstić information content (AvgIpc) is 2.42. The van der Waals surface area contributed by atoms with E-state index in [1.807, 2.05) is 30.3 Å². The number of carbonyl (C=O) groups excluding carboxylic acids is 1. The first-order valence-electron chi connectivity index (χ1n) is 6.10. The van der Waals surface area contributed by atoms with Gasteiger partial charge >= 0.3 is 5.97 Å². The molecule has 1 atom stereocenters. The van der Waals surface area contributed by atoms with Gasteiger partial charge in [0.05, 0.1) is 6.61 Å². The van der Waals surface area contributed by atoms with Gasteiger partial charge in [0.1, 0.15) is 5.92 Å². The predicted molar refractivity (Wildman–Crippen MR) is 70.5 cm³/mol. The molecule has 0 radical (unpaired) electrons. The number of rotatable bonds is 7. The number of ether oxygens (including phenoxy) is 1. The highest BCUT2D eigenvalue weighted by molar-refractivity contribution is 5.96. The summed E-state index contributed by atoms with van der Waals surface area (Å²) in [5.74, 6) is -2.55. The Hall–Kier alpha value is -1.88. The third-order valence-corrected chi connectivity index (χ3v) is 2.83. The van der Waals surface area contributed by atoms with Crippen LogP contribution in [-0.4, -0.2) is 42.1 Å². The van der Waals surface area contributed by atoms with Crippen molar-refractivity contribution in [2.75, 3.05) is 20.3 Å². The Morgan fingerprint density at radius 3 is 2.47 bits per heavy atom. The van der Waals surface area contributed by atoms with Crippen molar-refractivity contribution in [3.8, 4) is 0 Å². The molecule has 19 heavy (non-hydrogen) atoms. The molecule has 1 amide bonds. The molecule has 1 aromatic rings. The largest absolute Gasteiger partial charge is 0.481 e. The first-order valence-corrected chi connectivity index (χ1v) is 6.10. The minimum atomic E-state index is -1.11. The molecular formula is C14H19NO4. The molecule has 1 aromatic carbocycles. The SMILES string of the molecule is COCCN(Cc1ccccc1)C(=O)C(C)C(=O)O. The van der Waals surface area contributed by atoms with Crippen LogP contribution in [-0.2, 0) is 20.9 Å². The highest BCUT2D eigenvalue weighted by atomic mass is 16.5. The van der Waals surface area contributed by atoms with E-state index >= 15 is 0 Å². The third kappa shape index (κ3) is 4.71. The van der Waals surface area contributed by atoms with Gasteiger partial charge in [-0.15, -0.1) is 0 Å². The van der Waals surface area contributed by atoms with E-state index in [1.165, 1.54) is 11.8 Å². The lowest BCUT2D eigenvalue weighted by molar-refractivity contribution is -0.150. The van der Waals surface area contributed by atoms with Gasteiger partial charge in [-0.2, -0.15) is 0 Å². The summed E-state index contributed by atoms with van der Waals surface area (Å²) in [6, 6.07) is 9.46. The maximum absolute atomic E-state index is 12.1. The van der Waals surface area contributed by atoms with Crippen LogP contribution in [0.25, 0.3) is 0 Å². The number of carboxylic acids is 1. The second-order valence-corrected chi connectivity index (χ2v) is 4.30. The zero-order valence-electron chi connectivity index (χ0n) is 11.2. The Labute approximate surface area is 112 Å². The molecule has 0 fully saturated rings. The summed E-state index contributed by atoms with van der Waals surface area (Å²) in [4.78, 5) is 24.5. The second kappa shape index (κ2) is 7.53. The van der Waals surface area contributed by atoms with Gasteiger partial charge in [-0.25, -0.2) is 0 Å². The topological polar surface area (TPSA) is 66.8 Å². The highest BCUT2D eigenvalue weighted by Gasteiger charge is 2.25. The fourth-order valence-electron chi connectivity index (χ4n) is 1.65. The summed E-state index contributed by atoms with van der Waals surface area (Å²) in [5, 5.41) is 8.91. The number of carboxylic acid groups (broad SMARTS) is 1. The fourth-order valence-corrected chi connectivity index (χ4v) is 1.65. The number of aliphatic carboxylic acids is 1. The van der Waals surface area contributed by atoms with Gasteiger partial charge < -0.3 is 14.7 Å². The minimum Gasteiger partial charge on any atom is -0.481 e. The smallest absolute Gasteiger partial charge is 0.315 e. The number of benzene rings is 1. The number of amides is 1. The molecule has 1 unspecified atom stereocenters. The van der Waals surface area contributed by atoms with Crippen LogP contribution >= 0.6 is 0 Å². The van der Waals surface area contributed by atoms with Crippen LogP contribution in [0.4, 0.5) is 0 Å². The molecule has 0 aromatic heterocycles. The second-order valence-electron chi connectivity index (χ2n) is 4.30. The van der Waals surface area contributed by atoms with Crippen LogP contribution in [0.15, 0.2) is 30.3 Å². The zero-order valence-corrected chi connectivity index (χ0v) is 11.2. The fraction of sp³-hybridized carbons (Fsp3) is 0.429. The molecule has 104 valence electrons. The van der Waals surface area contributed by atoms with E-state index in [4.69, 9.17) is 9.84 Å². The Kier molecular flexibility index (Phi) is 6.02. The lowest BCUT2D eigenvalue weighted by Gasteiger charge is -2.24. The van der Waals surface area contributed by atoms with Crippen molar-refractivity contribution >= 4 is 11.9 Å². The summed E-state index contributed by atoms with van der Waals surface area (Å²) in [7, 11) is 1.55. The normalized spacial score (nSPS) is 11.9. The molecule has 1 N–H and O–H groups in total. The van der Waals surface area contributed by atoms with E-state index in [2.05, 4.69) is 0 Å². The van der Waals surface area contributed by atoms with Crippen LogP contribution in [0.5, 0.6) is 0 Å². The number of carbonyl (C=O) groups is 2. The van der Waals surface area contributed by atoms with Crippen LogP contribution in [0.3, 0.4) is 0 Å². The first kappa shape index (κ1) is 15.2. The minimum absolute atomic E-state index is 0.377. The standard InChI is InChI=1S/C14H19NO4/c1-11(14(17)18)13(16)15(8-9-19-2)10-12-6-4-3-5-7-12/h3-7,11H,8-10H2,1-2H3,(H,17,18). The van der Waals surface area contributed by atoms with Gasteiger partial charge in [-0.05, 0) is 12.5 Å². The molecule has 0 saturated carbocycles. The molecule has 5 nitrogen and oxygen atoms in total. The zero-order chi connectivity index (χ0) is 14.3. The lowest BCUT2D eigenvalue weighted by Crippen LogP contribution is -2.39. The van der Waals surface area contributed by atoms with Gasteiger partial charge in [0.25, 0.3) is 0 Å². The molecule has 0 aliphatic carbocycles. The van der Waals surface area contributed by atoms with E-state index in [1.54, 1.807) is 7.11 Å². The van der Waals surface area contributed by atoms with Gasteiger partial charge in [-0.1, -0.05) is 30.3 Å². The van der Waals surface area contributed by atoms with Crippen molar-refractivity contribution in [3.05, 3.63) is 35.9 Å². The maximum Gasteiger partial charge on any atom is 0.315 e. The maximum atomic E-state index is 12.1. The summed E-state index contributed by atoms with van der Waals surface area (Å²) in [5.41, 5.74) is 0.963. The predicted octanol–water partition coefficient (Wildman–Crippen LogP) is 1.38. The van der Waals surface area contributed by atoms with Crippen molar-refractivity contribution in [1.82, 2.24) is 4.90 Å². The van der Waals surface area contributed by atoms with E-state index in [0.717, 1.165) is 5.56 Å². The van der Waals surface area contributed by atoms with E-state index in [9.17, 15) is 9.59 Å². The molecular weight excluding hydrogens is 246 g/mol. The van der Waals surface area contributed by atoms with Crippen LogP contribution < -0.4 is 0 Å². The molecule has 0 saturated heterocycles. The Morgan fingerprint density at radius 1 is 1.32 bits per heavy atom. The molecule has 0 aliphatic rings. The molecule has 0 heterocycles. The van der Waals surface area contributed by atoms with Crippen LogP contribution in [0, 0.1) is 5.92 Å². The number of nitrogens with zero attached hydrogens (tertiary/aromatic N) is 1. The summed E-state index contributed by atoms with van der Waals surface area (Å²) in [6.45, 7) is 2.54. The average molecular weight is 265 g/mol. The molecule has 1 rings (SSSR count). The lowest BCUT2D eigenvalue weighted by atomic mass is 10.1. The van der Waals surface area contributed by atoms with Crippen molar-refractivity contribution in [1.29, 1.82) is 0 Å². The molecule has 0 aliphatic heterocycles. The Bertz CT molecular complexity index is 419. The van der Waals surface area contributed by atoms with Crippen LogP contribution in [0.1, 0.15) is 12.5 Å². The summed E-state index contributed by atoms with van der Waals surface area (Å²) < 4.78 is 4.96. The van der Waals surface area contributed by atoms with E-state index < -0.39 is 17.8 Å². The van der Waals surface area contributed by atoms with Crippen LogP contribution in [0.2, 0.25) is 0 Å². The summed E-state index contributed by atoms with van der Waals surface area (Å²) >= 11 is 0.